The molecule has 0 unspecified atom stereocenters. The van der Waals surface area contributed by atoms with E-state index >= 15 is 0 Å². The first-order valence-corrected chi connectivity index (χ1v) is 14.8. The van der Waals surface area contributed by atoms with Crippen LogP contribution < -0.4 is 10.0 Å². The zero-order valence-electron chi connectivity index (χ0n) is 20.1. The fraction of sp³-hybridized carbons (Fsp3) is 0.417. The third-order valence-corrected chi connectivity index (χ3v) is 9.52. The van der Waals surface area contributed by atoms with Crippen molar-refractivity contribution in [2.45, 2.75) is 42.4 Å². The number of carbonyl (C=O) groups is 1. The fourth-order valence-electron chi connectivity index (χ4n) is 4.04. The van der Waals surface area contributed by atoms with Gasteiger partial charge in [0.1, 0.15) is 5.84 Å². The van der Waals surface area contributed by atoms with E-state index in [9.17, 15) is 21.6 Å². The summed E-state index contributed by atoms with van der Waals surface area (Å²) in [5, 5.41) is 2.70. The first kappa shape index (κ1) is 26.3. The van der Waals surface area contributed by atoms with Gasteiger partial charge in [0.05, 0.1) is 23.0 Å². The lowest BCUT2D eigenvalue weighted by molar-refractivity contribution is 0.0730. The molecular formula is C24H30N4O6S2. The molecule has 0 saturated carbocycles. The van der Waals surface area contributed by atoms with E-state index in [1.54, 1.807) is 19.1 Å². The van der Waals surface area contributed by atoms with E-state index < -0.39 is 26.0 Å². The Morgan fingerprint density at radius 2 is 1.69 bits per heavy atom. The monoisotopic (exact) mass is 534 g/mol. The van der Waals surface area contributed by atoms with Gasteiger partial charge in [0.15, 0.2) is 0 Å². The minimum absolute atomic E-state index is 0.0571. The van der Waals surface area contributed by atoms with Crippen molar-refractivity contribution < 1.29 is 26.4 Å². The van der Waals surface area contributed by atoms with E-state index in [0.717, 1.165) is 19.3 Å². The molecule has 0 aromatic heterocycles. The Morgan fingerprint density at radius 3 is 2.42 bits per heavy atom. The highest BCUT2D eigenvalue weighted by Gasteiger charge is 2.28. The largest absolute Gasteiger partial charge is 0.379 e. The van der Waals surface area contributed by atoms with E-state index in [4.69, 9.17) is 4.74 Å². The quantitative estimate of drug-likeness (QED) is 0.585. The zero-order chi connectivity index (χ0) is 25.8. The molecule has 0 atom stereocenters. The number of aryl methyl sites for hydroxylation is 1. The number of morpholine rings is 1. The van der Waals surface area contributed by atoms with E-state index in [0.29, 0.717) is 43.3 Å². The molecule has 1 amide bonds. The summed E-state index contributed by atoms with van der Waals surface area (Å²) >= 11 is 0. The van der Waals surface area contributed by atoms with Crippen molar-refractivity contribution in [3.05, 3.63) is 53.6 Å². The number of amides is 1. The maximum atomic E-state index is 13.1. The molecule has 0 radical (unpaired) electrons. The fourth-order valence-corrected chi connectivity index (χ4v) is 6.79. The summed E-state index contributed by atoms with van der Waals surface area (Å²) in [5.74, 6) is -0.0398. The molecule has 194 valence electrons. The first-order valence-electron chi connectivity index (χ1n) is 11.8. The number of sulfonamides is 2. The molecule has 1 fully saturated rings. The highest BCUT2D eigenvalue weighted by atomic mass is 32.2. The van der Waals surface area contributed by atoms with Crippen LogP contribution in [0.5, 0.6) is 0 Å². The van der Waals surface area contributed by atoms with Gasteiger partial charge < -0.3 is 10.1 Å². The van der Waals surface area contributed by atoms with Crippen LogP contribution in [0.15, 0.2) is 57.2 Å². The molecule has 12 heteroatoms. The van der Waals surface area contributed by atoms with Gasteiger partial charge in [-0.2, -0.15) is 4.31 Å². The maximum absolute atomic E-state index is 13.1. The van der Waals surface area contributed by atoms with Crippen LogP contribution in [-0.4, -0.2) is 65.7 Å². The first-order chi connectivity index (χ1) is 17.2. The van der Waals surface area contributed by atoms with Crippen LogP contribution in [-0.2, 0) is 24.8 Å². The maximum Gasteiger partial charge on any atom is 0.262 e. The van der Waals surface area contributed by atoms with Crippen LogP contribution in [0.3, 0.4) is 0 Å². The molecule has 2 aliphatic heterocycles. The third kappa shape index (κ3) is 6.12. The average molecular weight is 535 g/mol. The van der Waals surface area contributed by atoms with Crippen molar-refractivity contribution in [2.24, 2.45) is 4.99 Å². The van der Waals surface area contributed by atoms with Crippen LogP contribution in [0.25, 0.3) is 0 Å². The van der Waals surface area contributed by atoms with E-state index in [-0.39, 0.29) is 28.4 Å². The summed E-state index contributed by atoms with van der Waals surface area (Å²) in [7, 11) is -7.55. The molecular weight excluding hydrogens is 504 g/mol. The van der Waals surface area contributed by atoms with Crippen molar-refractivity contribution in [3.8, 4) is 0 Å². The molecule has 0 spiro atoms. The van der Waals surface area contributed by atoms with E-state index in [1.807, 2.05) is 0 Å². The van der Waals surface area contributed by atoms with Gasteiger partial charge in [0.2, 0.25) is 10.0 Å². The zero-order valence-corrected chi connectivity index (χ0v) is 21.7. The summed E-state index contributed by atoms with van der Waals surface area (Å²) in [5.41, 5.74) is 1.10. The Labute approximate surface area is 211 Å². The highest BCUT2D eigenvalue weighted by molar-refractivity contribution is 7.90. The number of amidine groups is 1. The average Bonchev–Trinajstić information content (AvgIpc) is 3.13. The number of nitrogens with one attached hydrogen (secondary N) is 2. The molecule has 2 aliphatic rings. The second kappa shape index (κ2) is 11.1. The normalized spacial score (nSPS) is 17.6. The van der Waals surface area contributed by atoms with Gasteiger partial charge in [-0.3, -0.25) is 14.5 Å². The number of ether oxygens (including phenoxy) is 1. The van der Waals surface area contributed by atoms with Crippen LogP contribution >= 0.6 is 0 Å². The van der Waals surface area contributed by atoms with Gasteiger partial charge in [0, 0.05) is 37.3 Å². The lowest BCUT2D eigenvalue weighted by Crippen LogP contribution is -2.40. The molecule has 36 heavy (non-hydrogen) atoms. The Kier molecular flexibility index (Phi) is 8.08. The Morgan fingerprint density at radius 1 is 0.972 bits per heavy atom. The van der Waals surface area contributed by atoms with Crippen molar-refractivity contribution >= 4 is 37.5 Å². The van der Waals surface area contributed by atoms with Crippen molar-refractivity contribution in [1.82, 2.24) is 9.03 Å². The summed E-state index contributed by atoms with van der Waals surface area (Å²) < 4.78 is 60.8. The lowest BCUT2D eigenvalue weighted by Gasteiger charge is -2.26. The number of carbonyl (C=O) groups excluding carboxylic acids is 1. The Bertz CT molecular complexity index is 1350. The summed E-state index contributed by atoms with van der Waals surface area (Å²) in [6, 6.07) is 10.3. The summed E-state index contributed by atoms with van der Waals surface area (Å²) in [6.07, 6.45) is 3.44. The molecule has 4 rings (SSSR count). The van der Waals surface area contributed by atoms with Gasteiger partial charge in [-0.15, -0.1) is 0 Å². The minimum Gasteiger partial charge on any atom is -0.379 e. The molecule has 2 aromatic carbocycles. The van der Waals surface area contributed by atoms with E-state index in [2.05, 4.69) is 15.0 Å². The standard InChI is InChI=1S/C24H30N4O6S2/c1-18-6-7-19(17-22(18)36(32,33)28-13-15-34-16-14-28)24(29)26-20-8-10-21(11-9-20)35(30,31)27-23-5-3-2-4-12-25-23/h6-11,17H,2-5,12-16H2,1H3,(H,25,27)(H,26,29). The molecule has 1 saturated heterocycles. The van der Waals surface area contributed by atoms with Crippen LogP contribution in [0.1, 0.15) is 41.6 Å². The van der Waals surface area contributed by atoms with Gasteiger partial charge >= 0.3 is 0 Å². The second-order valence-electron chi connectivity index (χ2n) is 8.72. The summed E-state index contributed by atoms with van der Waals surface area (Å²) in [6.45, 7) is 3.47. The molecule has 0 bridgehead atoms. The third-order valence-electron chi connectivity index (χ3n) is 6.09. The van der Waals surface area contributed by atoms with Crippen molar-refractivity contribution in [2.75, 3.05) is 38.2 Å². The Hall–Kier alpha value is -2.80. The molecule has 0 aliphatic carbocycles. The predicted molar refractivity (Wildman–Crippen MR) is 136 cm³/mol. The molecule has 2 N–H and O–H groups in total. The van der Waals surface area contributed by atoms with Gasteiger partial charge in [-0.25, -0.2) is 16.8 Å². The number of anilines is 1. The Balaban J connectivity index is 1.47. The highest BCUT2D eigenvalue weighted by Crippen LogP contribution is 2.23. The molecule has 10 nitrogen and oxygen atoms in total. The lowest BCUT2D eigenvalue weighted by atomic mass is 10.1. The summed E-state index contributed by atoms with van der Waals surface area (Å²) in [4.78, 5) is 17.3. The van der Waals surface area contributed by atoms with Crippen LogP contribution in [0.2, 0.25) is 0 Å². The SMILES string of the molecule is Cc1ccc(C(=O)Nc2ccc(S(=O)(=O)NC3=NCCCCC3)cc2)cc1S(=O)(=O)N1CCOCC1. The number of benzene rings is 2. The molecule has 2 aromatic rings. The predicted octanol–water partition coefficient (Wildman–Crippen LogP) is 2.52. The van der Waals surface area contributed by atoms with Crippen LogP contribution in [0.4, 0.5) is 5.69 Å². The van der Waals surface area contributed by atoms with Crippen LogP contribution in [0, 0.1) is 6.92 Å². The van der Waals surface area contributed by atoms with Crippen molar-refractivity contribution in [3.63, 3.8) is 0 Å². The number of nitrogens with zero attached hydrogens (tertiary/aromatic N) is 2. The number of hydrogen-bond acceptors (Lipinski definition) is 7. The second-order valence-corrected chi connectivity index (χ2v) is 12.3. The van der Waals surface area contributed by atoms with Gasteiger partial charge in [-0.1, -0.05) is 12.5 Å². The number of aliphatic imine (C=N–C) groups is 1. The van der Waals surface area contributed by atoms with Gasteiger partial charge in [0.25, 0.3) is 15.9 Å². The van der Waals surface area contributed by atoms with Gasteiger partial charge in [-0.05, 0) is 61.7 Å². The minimum atomic E-state index is -3.78. The van der Waals surface area contributed by atoms with E-state index in [1.165, 1.54) is 34.6 Å². The topological polar surface area (TPSA) is 134 Å². The smallest absolute Gasteiger partial charge is 0.262 e. The molecule has 2 heterocycles. The number of hydrogen-bond donors (Lipinski definition) is 2. The number of rotatable bonds is 6. The van der Waals surface area contributed by atoms with Crippen molar-refractivity contribution in [1.29, 1.82) is 0 Å².